The Morgan fingerprint density at radius 1 is 1.38 bits per heavy atom. The molecule has 2 N–H and O–H groups in total. The minimum atomic E-state index is -0.329. The van der Waals surface area contributed by atoms with Gasteiger partial charge in [0.15, 0.2) is 5.78 Å². The van der Waals surface area contributed by atoms with Crippen molar-refractivity contribution in [2.75, 3.05) is 0 Å². The molecule has 0 amide bonds. The van der Waals surface area contributed by atoms with Crippen LogP contribution < -0.4 is 5.73 Å². The molecule has 0 aromatic carbocycles. The summed E-state index contributed by atoms with van der Waals surface area (Å²) in [6, 6.07) is -0.566. The number of Topliss-reactive ketones (excluding diaryl/α,β-unsaturated/α-hetero) is 1. The molecule has 0 aliphatic heterocycles. The molecule has 5 heteroatoms. The van der Waals surface area contributed by atoms with E-state index < -0.39 is 0 Å². The molecule has 5 nitrogen and oxygen atoms in total. The van der Waals surface area contributed by atoms with Gasteiger partial charge < -0.3 is 5.73 Å². The van der Waals surface area contributed by atoms with Crippen LogP contribution in [0.15, 0.2) is 12.4 Å². The Labute approximate surface area is 75.9 Å². The molecule has 1 saturated carbocycles. The van der Waals surface area contributed by atoms with Crippen LogP contribution in [-0.2, 0) is 4.79 Å². The smallest absolute Gasteiger partial charge is 0.175 e. The molecular formula is C8H12N4O. The largest absolute Gasteiger partial charge is 0.321 e. The maximum absolute atomic E-state index is 11.6. The van der Waals surface area contributed by atoms with Crippen LogP contribution in [0.4, 0.5) is 0 Å². The van der Waals surface area contributed by atoms with Crippen molar-refractivity contribution in [1.82, 2.24) is 15.0 Å². The second-order valence-corrected chi connectivity index (χ2v) is 3.31. The van der Waals surface area contributed by atoms with Gasteiger partial charge in [0.2, 0.25) is 0 Å². The first kappa shape index (κ1) is 8.37. The van der Waals surface area contributed by atoms with Crippen LogP contribution in [0.3, 0.4) is 0 Å². The Balaban J connectivity index is 2.19. The van der Waals surface area contributed by atoms with Gasteiger partial charge in [-0.25, -0.2) is 0 Å². The molecule has 1 fully saturated rings. The fourth-order valence-electron chi connectivity index (χ4n) is 1.68. The van der Waals surface area contributed by atoms with Gasteiger partial charge in [0.1, 0.15) is 6.04 Å². The van der Waals surface area contributed by atoms with Crippen LogP contribution in [0.1, 0.15) is 25.3 Å². The highest BCUT2D eigenvalue weighted by Gasteiger charge is 2.30. The number of carbonyl (C=O) groups excluding carboxylic acids is 1. The molecule has 13 heavy (non-hydrogen) atoms. The Kier molecular flexibility index (Phi) is 2.10. The van der Waals surface area contributed by atoms with Gasteiger partial charge in [-0.3, -0.25) is 4.79 Å². The number of aromatic nitrogens is 3. The van der Waals surface area contributed by atoms with E-state index in [0.717, 1.165) is 19.3 Å². The SMILES string of the molecule is NC1CCCC(n2nccn2)C1=O. The fraction of sp³-hybridized carbons (Fsp3) is 0.625. The minimum absolute atomic E-state index is 0.0578. The molecule has 2 unspecified atom stereocenters. The van der Waals surface area contributed by atoms with E-state index in [1.54, 1.807) is 12.4 Å². The first-order chi connectivity index (χ1) is 6.29. The third-order valence-electron chi connectivity index (χ3n) is 2.40. The summed E-state index contributed by atoms with van der Waals surface area (Å²) in [4.78, 5) is 13.1. The maximum atomic E-state index is 11.6. The summed E-state index contributed by atoms with van der Waals surface area (Å²) >= 11 is 0. The summed E-state index contributed by atoms with van der Waals surface area (Å²) in [6.45, 7) is 0. The molecular weight excluding hydrogens is 168 g/mol. The molecule has 0 spiro atoms. The van der Waals surface area contributed by atoms with Crippen LogP contribution in [0.5, 0.6) is 0 Å². The molecule has 70 valence electrons. The average molecular weight is 180 g/mol. The number of hydrogen-bond donors (Lipinski definition) is 1. The van der Waals surface area contributed by atoms with E-state index >= 15 is 0 Å². The Hall–Kier alpha value is -1.23. The Morgan fingerprint density at radius 2 is 2.08 bits per heavy atom. The summed E-state index contributed by atoms with van der Waals surface area (Å²) in [5.41, 5.74) is 5.66. The van der Waals surface area contributed by atoms with Gasteiger partial charge in [-0.05, 0) is 19.3 Å². The second-order valence-electron chi connectivity index (χ2n) is 3.31. The normalized spacial score (nSPS) is 29.2. The van der Waals surface area contributed by atoms with Crippen molar-refractivity contribution >= 4 is 5.78 Å². The van der Waals surface area contributed by atoms with Crippen LogP contribution in [0, 0.1) is 0 Å². The van der Waals surface area contributed by atoms with Crippen LogP contribution in [-0.4, -0.2) is 26.8 Å². The lowest BCUT2D eigenvalue weighted by Crippen LogP contribution is -2.40. The lowest BCUT2D eigenvalue weighted by Gasteiger charge is -2.24. The Morgan fingerprint density at radius 3 is 2.77 bits per heavy atom. The van der Waals surface area contributed by atoms with Gasteiger partial charge in [-0.2, -0.15) is 15.0 Å². The van der Waals surface area contributed by atoms with E-state index in [9.17, 15) is 4.79 Å². The number of nitrogens with two attached hydrogens (primary N) is 1. The highest BCUT2D eigenvalue weighted by atomic mass is 16.1. The van der Waals surface area contributed by atoms with Crippen LogP contribution in [0.25, 0.3) is 0 Å². The van der Waals surface area contributed by atoms with E-state index in [2.05, 4.69) is 10.2 Å². The molecule has 0 bridgehead atoms. The predicted molar refractivity (Wildman–Crippen MR) is 45.9 cm³/mol. The minimum Gasteiger partial charge on any atom is -0.321 e. The number of ketones is 1. The van der Waals surface area contributed by atoms with Gasteiger partial charge in [-0.15, -0.1) is 0 Å². The van der Waals surface area contributed by atoms with Crippen molar-refractivity contribution in [3.05, 3.63) is 12.4 Å². The van der Waals surface area contributed by atoms with Gasteiger partial charge in [0.25, 0.3) is 0 Å². The zero-order valence-electron chi connectivity index (χ0n) is 7.26. The van der Waals surface area contributed by atoms with Crippen molar-refractivity contribution in [1.29, 1.82) is 0 Å². The maximum Gasteiger partial charge on any atom is 0.175 e. The summed E-state index contributed by atoms with van der Waals surface area (Å²) in [5, 5.41) is 7.91. The average Bonchev–Trinajstić information content (AvgIpc) is 2.62. The van der Waals surface area contributed by atoms with Gasteiger partial charge >= 0.3 is 0 Å². The Bertz CT molecular complexity index is 295. The highest BCUT2D eigenvalue weighted by molar-refractivity contribution is 5.87. The zero-order valence-corrected chi connectivity index (χ0v) is 7.26. The number of carbonyl (C=O) groups is 1. The van der Waals surface area contributed by atoms with Gasteiger partial charge in [0, 0.05) is 0 Å². The van der Waals surface area contributed by atoms with Crippen molar-refractivity contribution in [3.8, 4) is 0 Å². The van der Waals surface area contributed by atoms with Gasteiger partial charge in [-0.1, -0.05) is 0 Å². The summed E-state index contributed by atoms with van der Waals surface area (Å²) < 4.78 is 0. The van der Waals surface area contributed by atoms with Crippen molar-refractivity contribution < 1.29 is 4.79 Å². The lowest BCUT2D eigenvalue weighted by atomic mass is 9.91. The van der Waals surface area contributed by atoms with E-state index in [0.29, 0.717) is 0 Å². The van der Waals surface area contributed by atoms with Gasteiger partial charge in [0.05, 0.1) is 18.4 Å². The second kappa shape index (κ2) is 3.26. The summed E-state index contributed by atoms with van der Waals surface area (Å²) in [7, 11) is 0. The topological polar surface area (TPSA) is 73.8 Å². The highest BCUT2D eigenvalue weighted by Crippen LogP contribution is 2.22. The first-order valence-corrected chi connectivity index (χ1v) is 4.44. The molecule has 1 aromatic heterocycles. The third kappa shape index (κ3) is 1.47. The van der Waals surface area contributed by atoms with Crippen molar-refractivity contribution in [2.24, 2.45) is 5.73 Å². The molecule has 1 aromatic rings. The van der Waals surface area contributed by atoms with E-state index in [4.69, 9.17) is 5.73 Å². The number of nitrogens with zero attached hydrogens (tertiary/aromatic N) is 3. The fourth-order valence-corrected chi connectivity index (χ4v) is 1.68. The quantitative estimate of drug-likeness (QED) is 0.655. The van der Waals surface area contributed by atoms with E-state index in [1.165, 1.54) is 4.80 Å². The predicted octanol–water partition coefficient (Wildman–Crippen LogP) is -0.101. The zero-order chi connectivity index (χ0) is 9.26. The molecule has 1 aliphatic rings. The summed E-state index contributed by atoms with van der Waals surface area (Å²) in [5.74, 6) is 0.0578. The molecule has 0 radical (unpaired) electrons. The van der Waals surface area contributed by atoms with Crippen LogP contribution >= 0.6 is 0 Å². The lowest BCUT2D eigenvalue weighted by molar-refractivity contribution is -0.125. The van der Waals surface area contributed by atoms with E-state index in [-0.39, 0.29) is 17.9 Å². The molecule has 1 aliphatic carbocycles. The molecule has 2 rings (SSSR count). The summed E-state index contributed by atoms with van der Waals surface area (Å²) in [6.07, 6.45) is 5.72. The first-order valence-electron chi connectivity index (χ1n) is 4.44. The molecule has 2 atom stereocenters. The molecule has 0 saturated heterocycles. The third-order valence-corrected chi connectivity index (χ3v) is 2.40. The standard InChI is InChI=1S/C8H12N4O/c9-6-2-1-3-7(8(6)13)12-10-4-5-11-12/h4-7H,1-3,9H2. The van der Waals surface area contributed by atoms with Crippen molar-refractivity contribution in [2.45, 2.75) is 31.3 Å². The van der Waals surface area contributed by atoms with E-state index in [1.807, 2.05) is 0 Å². The van der Waals surface area contributed by atoms with Crippen LogP contribution in [0.2, 0.25) is 0 Å². The monoisotopic (exact) mass is 180 g/mol. The number of hydrogen-bond acceptors (Lipinski definition) is 4. The molecule has 1 heterocycles. The number of rotatable bonds is 1. The van der Waals surface area contributed by atoms with Crippen molar-refractivity contribution in [3.63, 3.8) is 0 Å².